The average Bonchev–Trinajstić information content (AvgIpc) is 3.02. The summed E-state index contributed by atoms with van der Waals surface area (Å²) < 4.78 is 26.4. The van der Waals surface area contributed by atoms with Crippen molar-refractivity contribution in [2.45, 2.75) is 24.6 Å². The second-order valence-electron chi connectivity index (χ2n) is 7.26. The third-order valence-corrected chi connectivity index (χ3v) is 5.45. The van der Waals surface area contributed by atoms with Crippen molar-refractivity contribution in [3.63, 3.8) is 0 Å². The molecule has 0 radical (unpaired) electrons. The first kappa shape index (κ1) is 20.3. The Morgan fingerprint density at radius 2 is 1.66 bits per heavy atom. The van der Waals surface area contributed by atoms with Crippen LogP contribution in [0.5, 0.6) is 23.0 Å². The lowest BCUT2D eigenvalue weighted by Gasteiger charge is -2.19. The summed E-state index contributed by atoms with van der Waals surface area (Å²) in [5.41, 5.74) is -2.50. The maximum absolute atomic E-state index is 12.9. The summed E-state index contributed by atoms with van der Waals surface area (Å²) in [6, 6.07) is 2.04. The first-order valence-corrected chi connectivity index (χ1v) is 9.34. The molecule has 12 heteroatoms. The van der Waals surface area contributed by atoms with Crippen molar-refractivity contribution in [3.05, 3.63) is 33.0 Å². The number of hydrogen-bond donors (Lipinski definition) is 5. The monoisotopic (exact) mass is 448 g/mol. The first-order valence-electron chi connectivity index (χ1n) is 9.34. The fourth-order valence-electron chi connectivity index (χ4n) is 3.97. The van der Waals surface area contributed by atoms with E-state index in [-0.39, 0.29) is 44.2 Å². The van der Waals surface area contributed by atoms with E-state index in [0.717, 1.165) is 12.1 Å². The van der Waals surface area contributed by atoms with Crippen LogP contribution in [0.3, 0.4) is 0 Å². The van der Waals surface area contributed by atoms with Crippen LogP contribution in [0.2, 0.25) is 0 Å². The van der Waals surface area contributed by atoms with Crippen molar-refractivity contribution in [3.8, 4) is 23.0 Å². The van der Waals surface area contributed by atoms with Crippen LogP contribution in [0, 0.1) is 0 Å². The van der Waals surface area contributed by atoms with Crippen LogP contribution in [0.1, 0.15) is 0 Å². The first-order chi connectivity index (χ1) is 15.3. The van der Waals surface area contributed by atoms with Gasteiger partial charge in [-0.25, -0.2) is 9.59 Å². The Kier molecular flexibility index (Phi) is 4.43. The van der Waals surface area contributed by atoms with Gasteiger partial charge in [0.2, 0.25) is 12.0 Å². The number of benzene rings is 2. The van der Waals surface area contributed by atoms with Gasteiger partial charge < -0.3 is 48.6 Å². The molecule has 2 aromatic heterocycles. The van der Waals surface area contributed by atoms with Gasteiger partial charge in [-0.15, -0.1) is 0 Å². The van der Waals surface area contributed by atoms with Crippen LogP contribution >= 0.6 is 0 Å². The number of aromatic hydroxyl groups is 2. The highest BCUT2D eigenvalue weighted by Crippen LogP contribution is 2.45. The van der Waals surface area contributed by atoms with Crippen LogP contribution in [-0.2, 0) is 4.74 Å². The molecule has 32 heavy (non-hydrogen) atoms. The van der Waals surface area contributed by atoms with E-state index < -0.39 is 54.0 Å². The third kappa shape index (κ3) is 2.64. The van der Waals surface area contributed by atoms with Gasteiger partial charge in [0.1, 0.15) is 29.4 Å². The molecular formula is C20H16O12. The summed E-state index contributed by atoms with van der Waals surface area (Å²) in [6.07, 6.45) is -5.66. The van der Waals surface area contributed by atoms with E-state index in [1.54, 1.807) is 0 Å². The standard InChI is InChI=1S/C20H16O12/c1-28-16-6(22)2-5-10-12-11(19(27)32-17(10)16)8(3-7(23)15(12)31-18(5)26)29-20-14(25)13(24)9(4-21)30-20/h2-3,9,13-14,20-25H,4H2,1H3/t9-,13-,14+,20?/m1/s1. The number of hydrogen-bond acceptors (Lipinski definition) is 12. The number of aliphatic hydroxyl groups excluding tert-OH is 3. The van der Waals surface area contributed by atoms with Gasteiger partial charge in [-0.1, -0.05) is 0 Å². The number of ether oxygens (including phenoxy) is 3. The van der Waals surface area contributed by atoms with Gasteiger partial charge in [-0.05, 0) is 6.07 Å². The number of methoxy groups -OCH3 is 1. The number of rotatable bonds is 4. The molecule has 0 saturated carbocycles. The quantitative estimate of drug-likeness (QED) is 0.203. The van der Waals surface area contributed by atoms with Crippen molar-refractivity contribution < 1.29 is 48.6 Å². The van der Waals surface area contributed by atoms with Crippen LogP contribution in [0.4, 0.5) is 0 Å². The van der Waals surface area contributed by atoms with E-state index >= 15 is 0 Å². The molecule has 5 rings (SSSR count). The van der Waals surface area contributed by atoms with Gasteiger partial charge in [-0.2, -0.15) is 0 Å². The van der Waals surface area contributed by atoms with E-state index in [9.17, 15) is 35.1 Å². The average molecular weight is 448 g/mol. The Bertz CT molecular complexity index is 1470. The zero-order chi connectivity index (χ0) is 22.9. The molecule has 0 spiro atoms. The predicted molar refractivity (Wildman–Crippen MR) is 105 cm³/mol. The molecule has 5 N–H and O–H groups in total. The zero-order valence-corrected chi connectivity index (χ0v) is 16.3. The van der Waals surface area contributed by atoms with Crippen molar-refractivity contribution in [1.82, 2.24) is 0 Å². The summed E-state index contributed by atoms with van der Waals surface area (Å²) in [5.74, 6) is -1.56. The Morgan fingerprint density at radius 3 is 2.31 bits per heavy atom. The summed E-state index contributed by atoms with van der Waals surface area (Å²) in [6.45, 7) is -0.599. The van der Waals surface area contributed by atoms with Crippen molar-refractivity contribution in [1.29, 1.82) is 0 Å². The number of aliphatic hydroxyl groups is 3. The van der Waals surface area contributed by atoms with E-state index in [2.05, 4.69) is 0 Å². The molecule has 1 aliphatic heterocycles. The third-order valence-electron chi connectivity index (χ3n) is 5.45. The van der Waals surface area contributed by atoms with Crippen LogP contribution < -0.4 is 20.7 Å². The lowest BCUT2D eigenvalue weighted by molar-refractivity contribution is -0.116. The maximum atomic E-state index is 12.9. The highest BCUT2D eigenvalue weighted by atomic mass is 16.7. The molecule has 0 amide bonds. The number of phenolic OH excluding ortho intramolecular Hbond substituents is 2. The second kappa shape index (κ2) is 6.97. The van der Waals surface area contributed by atoms with Crippen LogP contribution in [0.25, 0.3) is 32.7 Å². The second-order valence-corrected chi connectivity index (χ2v) is 7.26. The molecule has 0 aliphatic carbocycles. The zero-order valence-electron chi connectivity index (χ0n) is 16.3. The topological polar surface area (TPSA) is 189 Å². The van der Waals surface area contributed by atoms with Gasteiger partial charge in [0.15, 0.2) is 22.7 Å². The Balaban J connectivity index is 1.83. The maximum Gasteiger partial charge on any atom is 0.348 e. The molecule has 0 bridgehead atoms. The predicted octanol–water partition coefficient (Wildman–Crippen LogP) is -0.272. The largest absolute Gasteiger partial charge is 0.504 e. The van der Waals surface area contributed by atoms with Gasteiger partial charge in [0.05, 0.1) is 24.5 Å². The molecule has 1 saturated heterocycles. The fourth-order valence-corrected chi connectivity index (χ4v) is 3.97. The highest BCUT2D eigenvalue weighted by Gasteiger charge is 2.44. The molecule has 4 atom stereocenters. The molecular weight excluding hydrogens is 432 g/mol. The summed E-state index contributed by atoms with van der Waals surface area (Å²) in [7, 11) is 1.22. The molecule has 1 unspecified atom stereocenters. The smallest absolute Gasteiger partial charge is 0.348 e. The van der Waals surface area contributed by atoms with E-state index in [1.807, 2.05) is 0 Å². The highest BCUT2D eigenvalue weighted by molar-refractivity contribution is 6.22. The number of phenols is 2. The van der Waals surface area contributed by atoms with Crippen LogP contribution in [-0.4, -0.2) is 63.9 Å². The summed E-state index contributed by atoms with van der Waals surface area (Å²) >= 11 is 0. The SMILES string of the molecule is COc1c(O)cc2c(=O)oc3c(O)cc(OC4O[C@H](CO)[C@@H](O)[C@@H]4O)c4c(=O)oc1c2c34. The summed E-state index contributed by atoms with van der Waals surface area (Å²) in [4.78, 5) is 25.4. The van der Waals surface area contributed by atoms with E-state index in [1.165, 1.54) is 7.11 Å². The lowest BCUT2D eigenvalue weighted by atomic mass is 10.0. The molecule has 12 nitrogen and oxygen atoms in total. The molecule has 168 valence electrons. The molecule has 1 fully saturated rings. The molecule has 1 aliphatic rings. The Morgan fingerprint density at radius 1 is 0.938 bits per heavy atom. The van der Waals surface area contributed by atoms with E-state index in [0.29, 0.717) is 0 Å². The van der Waals surface area contributed by atoms with Gasteiger partial charge in [-0.3, -0.25) is 0 Å². The van der Waals surface area contributed by atoms with Crippen molar-refractivity contribution >= 4 is 32.7 Å². The van der Waals surface area contributed by atoms with Gasteiger partial charge in [0, 0.05) is 11.5 Å². The normalized spacial score (nSPS) is 23.5. The van der Waals surface area contributed by atoms with Crippen LogP contribution in [0.15, 0.2) is 30.6 Å². The molecule has 2 aromatic carbocycles. The van der Waals surface area contributed by atoms with Crippen molar-refractivity contribution in [2.75, 3.05) is 13.7 Å². The van der Waals surface area contributed by atoms with E-state index in [4.69, 9.17) is 23.0 Å². The molecule has 3 heterocycles. The molecule has 4 aromatic rings. The van der Waals surface area contributed by atoms with Gasteiger partial charge in [0.25, 0.3) is 0 Å². The fraction of sp³-hybridized carbons (Fsp3) is 0.300. The Labute approximate surface area is 176 Å². The Hall–Kier alpha value is -3.58. The minimum atomic E-state index is -1.57. The lowest BCUT2D eigenvalue weighted by Crippen LogP contribution is -2.35. The minimum absolute atomic E-state index is 0.0300. The van der Waals surface area contributed by atoms with Crippen molar-refractivity contribution in [2.24, 2.45) is 0 Å². The minimum Gasteiger partial charge on any atom is -0.504 e. The summed E-state index contributed by atoms with van der Waals surface area (Å²) in [5, 5.41) is 49.6. The van der Waals surface area contributed by atoms with Gasteiger partial charge >= 0.3 is 11.3 Å².